The highest BCUT2D eigenvalue weighted by Crippen LogP contribution is 2.38. The molecule has 19 heavy (non-hydrogen) atoms. The van der Waals surface area contributed by atoms with Crippen LogP contribution in [0.25, 0.3) is 0 Å². The van der Waals surface area contributed by atoms with Gasteiger partial charge in [0.1, 0.15) is 0 Å². The summed E-state index contributed by atoms with van der Waals surface area (Å²) in [6.45, 7) is 4.48. The van der Waals surface area contributed by atoms with Gasteiger partial charge < -0.3 is 10.1 Å². The Bertz CT molecular complexity index is 457. The first-order chi connectivity index (χ1) is 9.00. The fourth-order valence-corrected chi connectivity index (χ4v) is 2.77. The second-order valence-electron chi connectivity index (χ2n) is 6.03. The Morgan fingerprint density at radius 1 is 1.53 bits per heavy atom. The second kappa shape index (κ2) is 5.59. The lowest BCUT2D eigenvalue weighted by molar-refractivity contribution is -0.122. The molecule has 0 bridgehead atoms. The molecule has 1 aromatic rings. The van der Waals surface area contributed by atoms with Crippen LogP contribution in [-0.4, -0.2) is 18.0 Å². The number of methoxy groups -OCH3 is 1. The summed E-state index contributed by atoms with van der Waals surface area (Å²) in [5.41, 5.74) is 1.02. The predicted octanol–water partition coefficient (Wildman–Crippen LogP) is 3.25. The maximum absolute atomic E-state index is 12.3. The van der Waals surface area contributed by atoms with Crippen molar-refractivity contribution in [3.05, 3.63) is 18.3 Å². The molecule has 0 aromatic carbocycles. The molecular formula is C15H22N2O2. The number of nitrogens with one attached hydrogen (secondary N) is 1. The lowest BCUT2D eigenvalue weighted by atomic mass is 9.72. The van der Waals surface area contributed by atoms with Gasteiger partial charge >= 0.3 is 0 Å². The molecule has 1 fully saturated rings. The van der Waals surface area contributed by atoms with Crippen LogP contribution in [0.1, 0.15) is 39.5 Å². The Labute approximate surface area is 114 Å². The Morgan fingerprint density at radius 2 is 2.32 bits per heavy atom. The largest absolute Gasteiger partial charge is 0.481 e. The van der Waals surface area contributed by atoms with Gasteiger partial charge in [-0.15, -0.1) is 0 Å². The van der Waals surface area contributed by atoms with Gasteiger partial charge in [-0.2, -0.15) is 0 Å². The van der Waals surface area contributed by atoms with E-state index >= 15 is 0 Å². The molecule has 1 aromatic heterocycles. The first-order valence-electron chi connectivity index (χ1n) is 6.81. The topological polar surface area (TPSA) is 51.2 Å². The van der Waals surface area contributed by atoms with E-state index in [4.69, 9.17) is 4.74 Å². The fourth-order valence-electron chi connectivity index (χ4n) is 2.77. The Balaban J connectivity index is 2.00. The molecule has 0 aliphatic heterocycles. The third-order valence-electron chi connectivity index (χ3n) is 3.79. The van der Waals surface area contributed by atoms with Gasteiger partial charge in [0.25, 0.3) is 0 Å². The van der Waals surface area contributed by atoms with Crippen molar-refractivity contribution >= 4 is 11.6 Å². The van der Waals surface area contributed by atoms with Crippen molar-refractivity contribution in [1.82, 2.24) is 4.98 Å². The van der Waals surface area contributed by atoms with Crippen LogP contribution < -0.4 is 10.1 Å². The Morgan fingerprint density at radius 3 is 3.00 bits per heavy atom. The lowest BCUT2D eigenvalue weighted by Crippen LogP contribution is -2.31. The van der Waals surface area contributed by atoms with Crippen molar-refractivity contribution in [2.24, 2.45) is 11.3 Å². The quantitative estimate of drug-likeness (QED) is 0.909. The zero-order valence-corrected chi connectivity index (χ0v) is 11.9. The van der Waals surface area contributed by atoms with Gasteiger partial charge in [-0.3, -0.25) is 4.79 Å². The van der Waals surface area contributed by atoms with E-state index in [9.17, 15) is 4.79 Å². The predicted molar refractivity (Wildman–Crippen MR) is 75.2 cm³/mol. The molecule has 0 radical (unpaired) electrons. The molecule has 0 saturated heterocycles. The molecule has 1 heterocycles. The summed E-state index contributed by atoms with van der Waals surface area (Å²) in [6, 6.07) is 3.53. The Kier molecular flexibility index (Phi) is 4.08. The average molecular weight is 262 g/mol. The zero-order valence-electron chi connectivity index (χ0n) is 11.9. The van der Waals surface area contributed by atoms with Gasteiger partial charge in [0.05, 0.1) is 7.11 Å². The maximum atomic E-state index is 12.3. The molecule has 2 rings (SSSR count). The standard InChI is InChI=1S/C15H22N2O2/c1-15(2)7-4-5-11(10-15)14(18)17-12-6-8-16-13(9-12)19-3/h6,8-9,11H,4-5,7,10H2,1-3H3,(H,16,17,18). The number of nitrogens with zero attached hydrogens (tertiary/aromatic N) is 1. The summed E-state index contributed by atoms with van der Waals surface area (Å²) in [4.78, 5) is 16.3. The maximum Gasteiger partial charge on any atom is 0.227 e. The highest BCUT2D eigenvalue weighted by molar-refractivity contribution is 5.92. The number of carbonyl (C=O) groups is 1. The SMILES string of the molecule is COc1cc(NC(=O)C2CCCC(C)(C)C2)ccn1. The van der Waals surface area contributed by atoms with E-state index in [0.717, 1.165) is 24.9 Å². The van der Waals surface area contributed by atoms with Gasteiger partial charge in [0, 0.05) is 23.9 Å². The monoisotopic (exact) mass is 262 g/mol. The lowest BCUT2D eigenvalue weighted by Gasteiger charge is -2.34. The third kappa shape index (κ3) is 3.69. The van der Waals surface area contributed by atoms with Crippen LogP contribution in [0.2, 0.25) is 0 Å². The minimum atomic E-state index is 0.112. The van der Waals surface area contributed by atoms with Crippen LogP contribution in [0.15, 0.2) is 18.3 Å². The van der Waals surface area contributed by atoms with Crippen molar-refractivity contribution in [1.29, 1.82) is 0 Å². The van der Waals surface area contributed by atoms with Crippen LogP contribution in [-0.2, 0) is 4.79 Å². The molecule has 1 amide bonds. The van der Waals surface area contributed by atoms with Crippen LogP contribution in [0.3, 0.4) is 0 Å². The van der Waals surface area contributed by atoms with Gasteiger partial charge in [-0.1, -0.05) is 20.3 Å². The van der Waals surface area contributed by atoms with E-state index < -0.39 is 0 Å². The van der Waals surface area contributed by atoms with Gasteiger partial charge in [-0.25, -0.2) is 4.98 Å². The average Bonchev–Trinajstić information content (AvgIpc) is 2.37. The molecule has 4 heteroatoms. The molecule has 1 saturated carbocycles. The highest BCUT2D eigenvalue weighted by atomic mass is 16.5. The highest BCUT2D eigenvalue weighted by Gasteiger charge is 2.31. The number of anilines is 1. The van der Waals surface area contributed by atoms with E-state index in [1.165, 1.54) is 6.42 Å². The van der Waals surface area contributed by atoms with Crippen LogP contribution in [0, 0.1) is 11.3 Å². The van der Waals surface area contributed by atoms with Crippen molar-refractivity contribution in [3.63, 3.8) is 0 Å². The smallest absolute Gasteiger partial charge is 0.227 e. The fraction of sp³-hybridized carbons (Fsp3) is 0.600. The van der Waals surface area contributed by atoms with E-state index in [2.05, 4.69) is 24.1 Å². The first-order valence-corrected chi connectivity index (χ1v) is 6.81. The number of amides is 1. The minimum Gasteiger partial charge on any atom is -0.481 e. The number of pyridine rings is 1. The summed E-state index contributed by atoms with van der Waals surface area (Å²) < 4.78 is 5.05. The number of rotatable bonds is 3. The number of ether oxygens (including phenoxy) is 1. The van der Waals surface area contributed by atoms with Crippen molar-refractivity contribution in [2.75, 3.05) is 12.4 Å². The molecule has 104 valence electrons. The molecule has 4 nitrogen and oxygen atoms in total. The van der Waals surface area contributed by atoms with Crippen LogP contribution in [0.4, 0.5) is 5.69 Å². The van der Waals surface area contributed by atoms with Gasteiger partial charge in [0.2, 0.25) is 11.8 Å². The van der Waals surface area contributed by atoms with E-state index in [1.807, 2.05) is 0 Å². The molecule has 1 unspecified atom stereocenters. The summed E-state index contributed by atoms with van der Waals surface area (Å²) in [6.07, 6.45) is 5.92. The molecule has 0 spiro atoms. The van der Waals surface area contributed by atoms with Crippen LogP contribution >= 0.6 is 0 Å². The zero-order chi connectivity index (χ0) is 13.9. The second-order valence-corrected chi connectivity index (χ2v) is 6.03. The molecule has 1 atom stereocenters. The first kappa shape index (κ1) is 13.8. The van der Waals surface area contributed by atoms with Gasteiger partial charge in [-0.05, 0) is 30.7 Å². The van der Waals surface area contributed by atoms with Gasteiger partial charge in [0.15, 0.2) is 0 Å². The van der Waals surface area contributed by atoms with E-state index in [-0.39, 0.29) is 17.2 Å². The van der Waals surface area contributed by atoms with E-state index in [1.54, 1.807) is 25.4 Å². The molecule has 1 N–H and O–H groups in total. The number of hydrogen-bond donors (Lipinski definition) is 1. The van der Waals surface area contributed by atoms with Crippen molar-refractivity contribution in [2.45, 2.75) is 39.5 Å². The normalized spacial score (nSPS) is 21.7. The number of aromatic nitrogens is 1. The van der Waals surface area contributed by atoms with E-state index in [0.29, 0.717) is 5.88 Å². The summed E-state index contributed by atoms with van der Waals surface area (Å²) in [5, 5.41) is 2.97. The summed E-state index contributed by atoms with van der Waals surface area (Å²) >= 11 is 0. The third-order valence-corrected chi connectivity index (χ3v) is 3.79. The van der Waals surface area contributed by atoms with Crippen molar-refractivity contribution in [3.8, 4) is 5.88 Å². The summed E-state index contributed by atoms with van der Waals surface area (Å²) in [7, 11) is 1.57. The number of hydrogen-bond acceptors (Lipinski definition) is 3. The number of carbonyl (C=O) groups excluding carboxylic acids is 1. The Hall–Kier alpha value is -1.58. The molecular weight excluding hydrogens is 240 g/mol. The van der Waals surface area contributed by atoms with Crippen molar-refractivity contribution < 1.29 is 9.53 Å². The minimum absolute atomic E-state index is 0.112. The van der Waals surface area contributed by atoms with Crippen LogP contribution in [0.5, 0.6) is 5.88 Å². The molecule has 1 aliphatic rings. The molecule has 1 aliphatic carbocycles. The summed E-state index contributed by atoms with van der Waals surface area (Å²) in [5.74, 6) is 0.741.